The standard InChI is InChI=1S/C14H14FN3O2/c1-20-12-4-3-10(6-11(12)15)14(19)18-13-5-2-9(7-16)8-17-13/h2-6,8H,7,16H2,1H3,(H,17,18,19). The zero-order chi connectivity index (χ0) is 14.5. The van der Waals surface area contributed by atoms with Crippen LogP contribution < -0.4 is 15.8 Å². The van der Waals surface area contributed by atoms with Crippen LogP contribution in [0.3, 0.4) is 0 Å². The van der Waals surface area contributed by atoms with E-state index in [0.717, 1.165) is 11.6 Å². The molecule has 0 bridgehead atoms. The number of halogens is 1. The fraction of sp³-hybridized carbons (Fsp3) is 0.143. The van der Waals surface area contributed by atoms with Gasteiger partial charge in [0.2, 0.25) is 0 Å². The van der Waals surface area contributed by atoms with E-state index in [9.17, 15) is 9.18 Å². The molecule has 0 saturated heterocycles. The van der Waals surface area contributed by atoms with Crippen LogP contribution in [-0.2, 0) is 6.54 Å². The minimum atomic E-state index is -0.591. The first-order chi connectivity index (χ1) is 9.63. The first kappa shape index (κ1) is 14.0. The monoisotopic (exact) mass is 275 g/mol. The van der Waals surface area contributed by atoms with E-state index in [2.05, 4.69) is 10.3 Å². The average Bonchev–Trinajstić information content (AvgIpc) is 2.48. The largest absolute Gasteiger partial charge is 0.494 e. The second-order valence-corrected chi connectivity index (χ2v) is 4.06. The van der Waals surface area contributed by atoms with E-state index in [1.165, 1.54) is 19.2 Å². The number of hydrogen-bond donors (Lipinski definition) is 2. The van der Waals surface area contributed by atoms with E-state index in [0.29, 0.717) is 12.4 Å². The molecule has 0 fully saturated rings. The summed E-state index contributed by atoms with van der Waals surface area (Å²) in [7, 11) is 1.36. The van der Waals surface area contributed by atoms with Gasteiger partial charge in [0.25, 0.3) is 5.91 Å². The molecule has 0 radical (unpaired) electrons. The van der Waals surface area contributed by atoms with E-state index in [4.69, 9.17) is 10.5 Å². The number of nitrogens with two attached hydrogens (primary N) is 1. The van der Waals surface area contributed by atoms with Crippen molar-refractivity contribution in [1.82, 2.24) is 4.98 Å². The average molecular weight is 275 g/mol. The Balaban J connectivity index is 2.12. The van der Waals surface area contributed by atoms with Gasteiger partial charge in [-0.1, -0.05) is 6.07 Å². The third-order valence-electron chi connectivity index (χ3n) is 2.72. The summed E-state index contributed by atoms with van der Waals surface area (Å²) in [4.78, 5) is 16.0. The number of hydrogen-bond acceptors (Lipinski definition) is 4. The number of aromatic nitrogens is 1. The molecule has 1 heterocycles. The van der Waals surface area contributed by atoms with Gasteiger partial charge in [-0.2, -0.15) is 0 Å². The van der Waals surface area contributed by atoms with Crippen molar-refractivity contribution in [3.05, 3.63) is 53.5 Å². The molecule has 1 amide bonds. The Labute approximate surface area is 115 Å². The van der Waals surface area contributed by atoms with E-state index in [1.807, 2.05) is 0 Å². The normalized spacial score (nSPS) is 10.2. The van der Waals surface area contributed by atoms with Crippen LogP contribution in [0.5, 0.6) is 5.75 Å². The van der Waals surface area contributed by atoms with E-state index >= 15 is 0 Å². The summed E-state index contributed by atoms with van der Waals surface area (Å²) < 4.78 is 18.3. The third-order valence-corrected chi connectivity index (χ3v) is 2.72. The number of carbonyl (C=O) groups is 1. The van der Waals surface area contributed by atoms with Crippen LogP contribution in [0.15, 0.2) is 36.5 Å². The lowest BCUT2D eigenvalue weighted by Gasteiger charge is -2.07. The van der Waals surface area contributed by atoms with Crippen LogP contribution in [-0.4, -0.2) is 18.0 Å². The van der Waals surface area contributed by atoms with Crippen molar-refractivity contribution >= 4 is 11.7 Å². The lowest BCUT2D eigenvalue weighted by Crippen LogP contribution is -2.13. The van der Waals surface area contributed by atoms with Crippen molar-refractivity contribution in [3.8, 4) is 5.75 Å². The molecule has 6 heteroatoms. The Morgan fingerprint density at radius 2 is 2.20 bits per heavy atom. The number of carbonyl (C=O) groups excluding carboxylic acids is 1. The highest BCUT2D eigenvalue weighted by Crippen LogP contribution is 2.18. The van der Waals surface area contributed by atoms with Gasteiger partial charge < -0.3 is 15.8 Å². The van der Waals surface area contributed by atoms with Crippen molar-refractivity contribution in [2.45, 2.75) is 6.54 Å². The maximum atomic E-state index is 13.5. The van der Waals surface area contributed by atoms with Gasteiger partial charge in [0.1, 0.15) is 5.82 Å². The highest BCUT2D eigenvalue weighted by molar-refractivity contribution is 6.03. The van der Waals surface area contributed by atoms with Crippen molar-refractivity contribution in [1.29, 1.82) is 0 Å². The second kappa shape index (κ2) is 6.12. The van der Waals surface area contributed by atoms with E-state index in [1.54, 1.807) is 18.3 Å². The molecular formula is C14H14FN3O2. The van der Waals surface area contributed by atoms with Gasteiger partial charge in [0.15, 0.2) is 11.6 Å². The molecule has 0 aliphatic heterocycles. The molecule has 2 aromatic rings. The Hall–Kier alpha value is -2.47. The van der Waals surface area contributed by atoms with Gasteiger partial charge in [-0.25, -0.2) is 9.37 Å². The molecular weight excluding hydrogens is 261 g/mol. The third kappa shape index (κ3) is 3.10. The summed E-state index contributed by atoms with van der Waals surface area (Å²) in [6.45, 7) is 0.380. The Kier molecular flexibility index (Phi) is 4.27. The molecule has 1 aromatic carbocycles. The van der Waals surface area contributed by atoms with E-state index < -0.39 is 11.7 Å². The summed E-state index contributed by atoms with van der Waals surface area (Å²) in [5.74, 6) is -0.568. The zero-order valence-electron chi connectivity index (χ0n) is 10.9. The Morgan fingerprint density at radius 3 is 2.75 bits per heavy atom. The van der Waals surface area contributed by atoms with Crippen molar-refractivity contribution in [2.75, 3.05) is 12.4 Å². The molecule has 0 aliphatic carbocycles. The number of nitrogens with zero attached hydrogens (tertiary/aromatic N) is 1. The smallest absolute Gasteiger partial charge is 0.256 e. The molecule has 0 saturated carbocycles. The van der Waals surface area contributed by atoms with Crippen LogP contribution in [0.1, 0.15) is 15.9 Å². The lowest BCUT2D eigenvalue weighted by atomic mass is 10.2. The SMILES string of the molecule is COc1ccc(C(=O)Nc2ccc(CN)cn2)cc1F. The summed E-state index contributed by atoms with van der Waals surface area (Å²) in [6, 6.07) is 7.39. The molecule has 20 heavy (non-hydrogen) atoms. The Bertz CT molecular complexity index is 614. The molecule has 104 valence electrons. The topological polar surface area (TPSA) is 77.2 Å². The van der Waals surface area contributed by atoms with E-state index in [-0.39, 0.29) is 11.3 Å². The van der Waals surface area contributed by atoms with Gasteiger partial charge in [-0.05, 0) is 29.8 Å². The summed E-state index contributed by atoms with van der Waals surface area (Å²) >= 11 is 0. The zero-order valence-corrected chi connectivity index (χ0v) is 10.9. The van der Waals surface area contributed by atoms with Gasteiger partial charge in [-0.15, -0.1) is 0 Å². The first-order valence-electron chi connectivity index (χ1n) is 5.94. The summed E-state index contributed by atoms with van der Waals surface area (Å²) in [5, 5.41) is 2.58. The summed E-state index contributed by atoms with van der Waals surface area (Å²) in [6.07, 6.45) is 1.57. The molecule has 3 N–H and O–H groups in total. The van der Waals surface area contributed by atoms with Gasteiger partial charge >= 0.3 is 0 Å². The van der Waals surface area contributed by atoms with Gasteiger partial charge in [-0.3, -0.25) is 4.79 Å². The first-order valence-corrected chi connectivity index (χ1v) is 5.94. The van der Waals surface area contributed by atoms with Crippen LogP contribution in [0.25, 0.3) is 0 Å². The van der Waals surface area contributed by atoms with Gasteiger partial charge in [0.05, 0.1) is 7.11 Å². The maximum Gasteiger partial charge on any atom is 0.256 e. The summed E-state index contributed by atoms with van der Waals surface area (Å²) in [5.41, 5.74) is 6.50. The quantitative estimate of drug-likeness (QED) is 0.894. The molecule has 0 atom stereocenters. The second-order valence-electron chi connectivity index (χ2n) is 4.06. The lowest BCUT2D eigenvalue weighted by molar-refractivity contribution is 0.102. The number of benzene rings is 1. The van der Waals surface area contributed by atoms with Crippen molar-refractivity contribution in [3.63, 3.8) is 0 Å². The number of rotatable bonds is 4. The fourth-order valence-electron chi connectivity index (χ4n) is 1.62. The minimum absolute atomic E-state index is 0.0898. The van der Waals surface area contributed by atoms with Crippen LogP contribution in [0.4, 0.5) is 10.2 Å². The van der Waals surface area contributed by atoms with Crippen LogP contribution >= 0.6 is 0 Å². The number of nitrogens with one attached hydrogen (secondary N) is 1. The minimum Gasteiger partial charge on any atom is -0.494 e. The number of pyridine rings is 1. The Morgan fingerprint density at radius 1 is 1.40 bits per heavy atom. The molecule has 0 unspecified atom stereocenters. The fourth-order valence-corrected chi connectivity index (χ4v) is 1.62. The molecule has 1 aromatic heterocycles. The highest BCUT2D eigenvalue weighted by Gasteiger charge is 2.10. The highest BCUT2D eigenvalue weighted by atomic mass is 19.1. The number of anilines is 1. The van der Waals surface area contributed by atoms with Gasteiger partial charge in [0, 0.05) is 18.3 Å². The van der Waals surface area contributed by atoms with Crippen LogP contribution in [0.2, 0.25) is 0 Å². The molecule has 0 spiro atoms. The number of methoxy groups -OCH3 is 1. The number of ether oxygens (including phenoxy) is 1. The molecule has 2 rings (SSSR count). The predicted molar refractivity (Wildman–Crippen MR) is 73.0 cm³/mol. The molecule has 5 nitrogen and oxygen atoms in total. The molecule has 0 aliphatic rings. The van der Waals surface area contributed by atoms with Crippen molar-refractivity contribution in [2.24, 2.45) is 5.73 Å². The number of amides is 1. The maximum absolute atomic E-state index is 13.5. The van der Waals surface area contributed by atoms with Crippen LogP contribution in [0, 0.1) is 5.82 Å². The predicted octanol–water partition coefficient (Wildman–Crippen LogP) is 1.94. The van der Waals surface area contributed by atoms with Crippen molar-refractivity contribution < 1.29 is 13.9 Å².